The van der Waals surface area contributed by atoms with E-state index in [1.54, 1.807) is 7.11 Å². The SMILES string of the molecule is COc1ccc(CNC2CCCC2C2COCCN2)cc1.Cl. The molecule has 0 aromatic heterocycles. The van der Waals surface area contributed by atoms with Gasteiger partial charge < -0.3 is 20.1 Å². The molecule has 5 heteroatoms. The summed E-state index contributed by atoms with van der Waals surface area (Å²) in [5.41, 5.74) is 1.31. The van der Waals surface area contributed by atoms with Gasteiger partial charge >= 0.3 is 0 Å². The highest BCUT2D eigenvalue weighted by atomic mass is 35.5. The largest absolute Gasteiger partial charge is 0.497 e. The van der Waals surface area contributed by atoms with E-state index in [2.05, 4.69) is 22.8 Å². The standard InChI is InChI=1S/C17H26N2O2.ClH/c1-20-14-7-5-13(6-8-14)11-19-16-4-2-3-15(16)17-12-21-10-9-18-17;/h5-8,15-19H,2-4,9-12H2,1H3;1H. The minimum atomic E-state index is 0. The monoisotopic (exact) mass is 326 g/mol. The maximum absolute atomic E-state index is 5.63. The maximum atomic E-state index is 5.63. The molecule has 2 N–H and O–H groups in total. The zero-order valence-corrected chi connectivity index (χ0v) is 14.0. The summed E-state index contributed by atoms with van der Waals surface area (Å²) in [6, 6.07) is 9.45. The average molecular weight is 327 g/mol. The quantitative estimate of drug-likeness (QED) is 0.871. The molecule has 3 atom stereocenters. The van der Waals surface area contributed by atoms with Crippen LogP contribution >= 0.6 is 12.4 Å². The van der Waals surface area contributed by atoms with Crippen LogP contribution in [0.4, 0.5) is 0 Å². The van der Waals surface area contributed by atoms with Crippen molar-refractivity contribution in [3.63, 3.8) is 0 Å². The second-order valence-corrected chi connectivity index (χ2v) is 6.07. The minimum Gasteiger partial charge on any atom is -0.497 e. The highest BCUT2D eigenvalue weighted by Crippen LogP contribution is 2.29. The third-order valence-corrected chi connectivity index (χ3v) is 4.76. The molecule has 1 saturated carbocycles. The predicted molar refractivity (Wildman–Crippen MR) is 90.8 cm³/mol. The van der Waals surface area contributed by atoms with Crippen molar-refractivity contribution in [1.82, 2.24) is 10.6 Å². The van der Waals surface area contributed by atoms with Gasteiger partial charge in [0.25, 0.3) is 0 Å². The van der Waals surface area contributed by atoms with Gasteiger partial charge in [-0.3, -0.25) is 0 Å². The van der Waals surface area contributed by atoms with Crippen molar-refractivity contribution in [2.24, 2.45) is 5.92 Å². The van der Waals surface area contributed by atoms with Crippen molar-refractivity contribution in [2.45, 2.75) is 37.9 Å². The number of methoxy groups -OCH3 is 1. The van der Waals surface area contributed by atoms with E-state index in [1.807, 2.05) is 12.1 Å². The second-order valence-electron chi connectivity index (χ2n) is 6.07. The van der Waals surface area contributed by atoms with Crippen molar-refractivity contribution in [1.29, 1.82) is 0 Å². The molecule has 124 valence electrons. The van der Waals surface area contributed by atoms with Gasteiger partial charge in [-0.15, -0.1) is 12.4 Å². The first-order valence-electron chi connectivity index (χ1n) is 8.04. The lowest BCUT2D eigenvalue weighted by atomic mass is 9.94. The van der Waals surface area contributed by atoms with Gasteiger partial charge in [0.2, 0.25) is 0 Å². The van der Waals surface area contributed by atoms with E-state index >= 15 is 0 Å². The van der Waals surface area contributed by atoms with Gasteiger partial charge in [0.15, 0.2) is 0 Å². The van der Waals surface area contributed by atoms with Crippen LogP contribution < -0.4 is 15.4 Å². The van der Waals surface area contributed by atoms with E-state index in [1.165, 1.54) is 24.8 Å². The first-order chi connectivity index (χ1) is 10.4. The Hall–Kier alpha value is -0.810. The summed E-state index contributed by atoms with van der Waals surface area (Å²) in [5, 5.41) is 7.37. The van der Waals surface area contributed by atoms with Crippen molar-refractivity contribution in [3.05, 3.63) is 29.8 Å². The third-order valence-electron chi connectivity index (χ3n) is 4.76. The summed E-state index contributed by atoms with van der Waals surface area (Å²) in [6.07, 6.45) is 3.91. The van der Waals surface area contributed by atoms with E-state index in [9.17, 15) is 0 Å². The van der Waals surface area contributed by atoms with E-state index < -0.39 is 0 Å². The maximum Gasteiger partial charge on any atom is 0.118 e. The van der Waals surface area contributed by atoms with Crippen LogP contribution in [0.15, 0.2) is 24.3 Å². The highest BCUT2D eigenvalue weighted by Gasteiger charge is 2.34. The molecule has 1 aromatic carbocycles. The lowest BCUT2D eigenvalue weighted by Crippen LogP contribution is -2.50. The van der Waals surface area contributed by atoms with Crippen LogP contribution in [0.5, 0.6) is 5.75 Å². The number of halogens is 1. The Kier molecular flexibility index (Phi) is 6.96. The van der Waals surface area contributed by atoms with E-state index in [0.29, 0.717) is 18.0 Å². The van der Waals surface area contributed by atoms with Crippen molar-refractivity contribution in [3.8, 4) is 5.75 Å². The molecular formula is C17H27ClN2O2. The van der Waals surface area contributed by atoms with Crippen molar-refractivity contribution < 1.29 is 9.47 Å². The molecule has 1 heterocycles. The average Bonchev–Trinajstić information content (AvgIpc) is 3.03. The van der Waals surface area contributed by atoms with E-state index in [4.69, 9.17) is 9.47 Å². The van der Waals surface area contributed by atoms with Gasteiger partial charge in [0, 0.05) is 25.2 Å². The van der Waals surface area contributed by atoms with Gasteiger partial charge in [-0.1, -0.05) is 18.6 Å². The number of hydrogen-bond acceptors (Lipinski definition) is 4. The second kappa shape index (κ2) is 8.73. The number of hydrogen-bond donors (Lipinski definition) is 2. The van der Waals surface area contributed by atoms with Crippen molar-refractivity contribution in [2.75, 3.05) is 26.9 Å². The zero-order valence-electron chi connectivity index (χ0n) is 13.2. The molecule has 4 nitrogen and oxygen atoms in total. The van der Waals surface area contributed by atoms with Gasteiger partial charge in [-0.05, 0) is 36.5 Å². The highest BCUT2D eigenvalue weighted by molar-refractivity contribution is 5.85. The Labute approximate surface area is 139 Å². The zero-order chi connectivity index (χ0) is 14.5. The molecule has 0 radical (unpaired) electrons. The predicted octanol–water partition coefficient (Wildman–Crippen LogP) is 2.36. The molecule has 0 bridgehead atoms. The normalized spacial score (nSPS) is 28.1. The van der Waals surface area contributed by atoms with E-state index in [-0.39, 0.29) is 12.4 Å². The molecule has 2 fully saturated rings. The Morgan fingerprint density at radius 2 is 2.09 bits per heavy atom. The van der Waals surface area contributed by atoms with Crippen LogP contribution in [0.1, 0.15) is 24.8 Å². The van der Waals surface area contributed by atoms with Crippen LogP contribution in [-0.4, -0.2) is 39.0 Å². The first kappa shape index (κ1) is 17.5. The Bertz CT molecular complexity index is 435. The molecule has 0 spiro atoms. The van der Waals surface area contributed by atoms with Crippen LogP contribution in [0.25, 0.3) is 0 Å². The number of nitrogens with one attached hydrogen (secondary N) is 2. The Balaban J connectivity index is 0.00000176. The number of benzene rings is 1. The van der Waals surface area contributed by atoms with Crippen LogP contribution in [0.2, 0.25) is 0 Å². The summed E-state index contributed by atoms with van der Waals surface area (Å²) in [7, 11) is 1.70. The summed E-state index contributed by atoms with van der Waals surface area (Å²) < 4.78 is 10.8. The molecule has 1 aromatic rings. The summed E-state index contributed by atoms with van der Waals surface area (Å²) in [5.74, 6) is 1.62. The minimum absolute atomic E-state index is 0. The van der Waals surface area contributed by atoms with Crippen molar-refractivity contribution >= 4 is 12.4 Å². The molecule has 2 aliphatic rings. The molecule has 3 unspecified atom stereocenters. The topological polar surface area (TPSA) is 42.5 Å². The molecule has 1 aliphatic carbocycles. The number of morpholine rings is 1. The van der Waals surface area contributed by atoms with Gasteiger partial charge in [0.05, 0.1) is 20.3 Å². The molecular weight excluding hydrogens is 300 g/mol. The number of ether oxygens (including phenoxy) is 2. The van der Waals surface area contributed by atoms with Crippen LogP contribution in [0, 0.1) is 5.92 Å². The molecule has 1 aliphatic heterocycles. The Morgan fingerprint density at radius 1 is 1.27 bits per heavy atom. The van der Waals surface area contributed by atoms with Gasteiger partial charge in [0.1, 0.15) is 5.75 Å². The summed E-state index contributed by atoms with van der Waals surface area (Å²) in [6.45, 7) is 3.64. The molecule has 1 saturated heterocycles. The fourth-order valence-electron chi connectivity index (χ4n) is 3.58. The van der Waals surface area contributed by atoms with Crippen LogP contribution in [-0.2, 0) is 11.3 Å². The summed E-state index contributed by atoms with van der Waals surface area (Å²) >= 11 is 0. The molecule has 0 amide bonds. The lowest BCUT2D eigenvalue weighted by molar-refractivity contribution is 0.0524. The fraction of sp³-hybridized carbons (Fsp3) is 0.647. The first-order valence-corrected chi connectivity index (χ1v) is 8.04. The smallest absolute Gasteiger partial charge is 0.118 e. The molecule has 22 heavy (non-hydrogen) atoms. The third kappa shape index (κ3) is 4.35. The summed E-state index contributed by atoms with van der Waals surface area (Å²) in [4.78, 5) is 0. The number of rotatable bonds is 5. The lowest BCUT2D eigenvalue weighted by Gasteiger charge is -2.33. The molecule has 3 rings (SSSR count). The van der Waals surface area contributed by atoms with E-state index in [0.717, 1.165) is 32.1 Å². The van der Waals surface area contributed by atoms with Crippen LogP contribution in [0.3, 0.4) is 0 Å². The van der Waals surface area contributed by atoms with Gasteiger partial charge in [-0.25, -0.2) is 0 Å². The fourth-order valence-corrected chi connectivity index (χ4v) is 3.58. The van der Waals surface area contributed by atoms with Gasteiger partial charge in [-0.2, -0.15) is 0 Å². The Morgan fingerprint density at radius 3 is 2.77 bits per heavy atom.